The monoisotopic (exact) mass is 368 g/mol. The minimum atomic E-state index is -5.05. The molecule has 0 atom stereocenters. The fraction of sp³-hybridized carbons (Fsp3) is 0.333. The van der Waals surface area contributed by atoms with E-state index >= 15 is 0 Å². The Morgan fingerprint density at radius 3 is 1.60 bits per heavy atom. The number of rotatable bonds is 1. The topological polar surface area (TPSA) is 52.6 Å². The van der Waals surface area contributed by atoms with Crippen LogP contribution in [-0.2, 0) is 31.4 Å². The van der Waals surface area contributed by atoms with Crippen molar-refractivity contribution in [1.29, 1.82) is 0 Å². The molecular weight excluding hydrogens is 358 g/mol. The number of benzene rings is 1. The van der Waals surface area contributed by atoms with Crippen LogP contribution in [-0.4, -0.2) is 17.7 Å². The maximum absolute atomic E-state index is 12.8. The molecule has 0 N–H and O–H groups in total. The molecule has 0 bridgehead atoms. The Balaban J connectivity index is 2.55. The van der Waals surface area contributed by atoms with Crippen LogP contribution in [0, 0.1) is 0 Å². The molecule has 10 heteroatoms. The van der Waals surface area contributed by atoms with Gasteiger partial charge in [-0.3, -0.25) is 0 Å². The van der Waals surface area contributed by atoms with Crippen LogP contribution in [0.15, 0.2) is 23.8 Å². The van der Waals surface area contributed by atoms with Crippen LogP contribution in [0.5, 0.6) is 0 Å². The quantitative estimate of drug-likeness (QED) is 0.326. The van der Waals surface area contributed by atoms with Crippen LogP contribution < -0.4 is 0 Å². The van der Waals surface area contributed by atoms with Gasteiger partial charge in [0.05, 0.1) is 11.1 Å². The van der Waals surface area contributed by atoms with Crippen LogP contribution in [0.3, 0.4) is 0 Å². The molecule has 0 aromatic heterocycles. The highest BCUT2D eigenvalue weighted by molar-refractivity contribution is 6.18. The van der Waals surface area contributed by atoms with Crippen molar-refractivity contribution in [3.8, 4) is 0 Å². The maximum atomic E-state index is 12.8. The minimum Gasteiger partial charge on any atom is -0.419 e. The van der Waals surface area contributed by atoms with Gasteiger partial charge in [-0.15, -0.1) is 0 Å². The average molecular weight is 368 g/mol. The molecule has 0 spiro atoms. The lowest BCUT2D eigenvalue weighted by Crippen LogP contribution is -2.41. The highest BCUT2D eigenvalue weighted by atomic mass is 19.4. The molecule has 1 saturated heterocycles. The number of carbonyl (C=O) groups is 2. The molecule has 1 aliphatic rings. The Bertz CT molecular complexity index is 704. The lowest BCUT2D eigenvalue weighted by Gasteiger charge is -2.29. The van der Waals surface area contributed by atoms with E-state index in [-0.39, 0.29) is 6.07 Å². The molecule has 1 aromatic rings. The number of carbonyl (C=O) groups excluding carboxylic acids is 2. The van der Waals surface area contributed by atoms with Crippen molar-refractivity contribution >= 4 is 18.0 Å². The van der Waals surface area contributed by atoms with Gasteiger partial charge in [0, 0.05) is 13.8 Å². The van der Waals surface area contributed by atoms with E-state index in [1.807, 2.05) is 0 Å². The Kier molecular flexibility index (Phi) is 4.35. The molecule has 4 nitrogen and oxygen atoms in total. The van der Waals surface area contributed by atoms with Crippen molar-refractivity contribution in [2.24, 2.45) is 0 Å². The van der Waals surface area contributed by atoms with E-state index in [1.54, 1.807) is 0 Å². The number of esters is 2. The van der Waals surface area contributed by atoms with Crippen molar-refractivity contribution in [1.82, 2.24) is 0 Å². The fourth-order valence-corrected chi connectivity index (χ4v) is 2.01. The summed E-state index contributed by atoms with van der Waals surface area (Å²) in [4.78, 5) is 23.5. The second-order valence-electron chi connectivity index (χ2n) is 5.58. The van der Waals surface area contributed by atoms with Gasteiger partial charge in [0.15, 0.2) is 0 Å². The second kappa shape index (κ2) is 5.78. The summed E-state index contributed by atoms with van der Waals surface area (Å²) in [7, 11) is 0. The van der Waals surface area contributed by atoms with E-state index in [9.17, 15) is 35.9 Å². The van der Waals surface area contributed by atoms with Gasteiger partial charge in [0.1, 0.15) is 5.57 Å². The van der Waals surface area contributed by atoms with Crippen molar-refractivity contribution < 1.29 is 45.4 Å². The summed E-state index contributed by atoms with van der Waals surface area (Å²) < 4.78 is 86.2. The third kappa shape index (κ3) is 4.31. The van der Waals surface area contributed by atoms with Crippen LogP contribution in [0.2, 0.25) is 0 Å². The van der Waals surface area contributed by atoms with Crippen LogP contribution in [0.4, 0.5) is 26.3 Å². The van der Waals surface area contributed by atoms with Crippen LogP contribution in [0.25, 0.3) is 6.08 Å². The molecule has 1 aliphatic heterocycles. The summed E-state index contributed by atoms with van der Waals surface area (Å²) in [5.41, 5.74) is -4.61. The Hall–Kier alpha value is -2.52. The van der Waals surface area contributed by atoms with Gasteiger partial charge in [-0.25, -0.2) is 9.59 Å². The molecule has 0 unspecified atom stereocenters. The van der Waals surface area contributed by atoms with Gasteiger partial charge in [-0.2, -0.15) is 26.3 Å². The standard InChI is InChI=1S/C15H10F6O4/c1-13(2)24-11(22)10(12(23)25-13)5-7-3-8(14(16,17)18)6-9(4-7)15(19,20)21/h3-6H,1-2H3. The van der Waals surface area contributed by atoms with Crippen molar-refractivity contribution in [2.45, 2.75) is 32.0 Å². The highest BCUT2D eigenvalue weighted by Crippen LogP contribution is 2.37. The van der Waals surface area contributed by atoms with Gasteiger partial charge in [0.25, 0.3) is 5.79 Å². The van der Waals surface area contributed by atoms with E-state index in [0.29, 0.717) is 18.2 Å². The van der Waals surface area contributed by atoms with E-state index in [1.165, 1.54) is 13.8 Å². The Labute approximate surface area is 137 Å². The lowest BCUT2D eigenvalue weighted by molar-refractivity contribution is -0.222. The van der Waals surface area contributed by atoms with E-state index < -0.39 is 52.3 Å². The smallest absolute Gasteiger partial charge is 0.416 e. The molecule has 1 heterocycles. The Morgan fingerprint density at radius 1 is 0.840 bits per heavy atom. The molecule has 136 valence electrons. The minimum absolute atomic E-state index is 0.0668. The predicted octanol–water partition coefficient (Wildman–Crippen LogP) is 3.94. The number of hydrogen-bond donors (Lipinski definition) is 0. The van der Waals surface area contributed by atoms with Crippen LogP contribution >= 0.6 is 0 Å². The molecule has 0 amide bonds. The SMILES string of the molecule is CC1(C)OC(=O)C(=Cc2cc(C(F)(F)F)cc(C(F)(F)F)c2)C(=O)O1. The second-order valence-corrected chi connectivity index (χ2v) is 5.58. The zero-order valence-electron chi connectivity index (χ0n) is 12.7. The van der Waals surface area contributed by atoms with Gasteiger partial charge in [0.2, 0.25) is 0 Å². The number of ether oxygens (including phenoxy) is 2. The van der Waals surface area contributed by atoms with Gasteiger partial charge >= 0.3 is 24.3 Å². The molecule has 1 fully saturated rings. The van der Waals surface area contributed by atoms with Gasteiger partial charge in [-0.1, -0.05) is 0 Å². The van der Waals surface area contributed by atoms with E-state index in [4.69, 9.17) is 9.47 Å². The van der Waals surface area contributed by atoms with Crippen molar-refractivity contribution in [2.75, 3.05) is 0 Å². The first-order valence-electron chi connectivity index (χ1n) is 6.67. The summed E-state index contributed by atoms with van der Waals surface area (Å²) in [6, 6.07) is 0.688. The molecule has 25 heavy (non-hydrogen) atoms. The number of alkyl halides is 6. The Morgan fingerprint density at radius 2 is 1.24 bits per heavy atom. The first kappa shape index (κ1) is 18.8. The summed E-state index contributed by atoms with van der Waals surface area (Å²) in [6.45, 7) is 2.48. The normalized spacial score (nSPS) is 17.8. The van der Waals surface area contributed by atoms with Crippen molar-refractivity contribution in [3.05, 3.63) is 40.5 Å². The number of cyclic esters (lactones) is 2. The molecule has 0 radical (unpaired) electrons. The first-order chi connectivity index (χ1) is 11.2. The molecule has 1 aromatic carbocycles. The van der Waals surface area contributed by atoms with E-state index in [2.05, 4.69) is 0 Å². The molecule has 0 saturated carbocycles. The lowest BCUT2D eigenvalue weighted by atomic mass is 10.0. The first-order valence-corrected chi connectivity index (χ1v) is 6.67. The van der Waals surface area contributed by atoms with Crippen molar-refractivity contribution in [3.63, 3.8) is 0 Å². The highest BCUT2D eigenvalue weighted by Gasteiger charge is 2.40. The zero-order chi connectivity index (χ0) is 19.2. The molecular formula is C15H10F6O4. The number of halogens is 6. The van der Waals surface area contributed by atoms with E-state index in [0.717, 1.165) is 0 Å². The third-order valence-corrected chi connectivity index (χ3v) is 3.04. The fourth-order valence-electron chi connectivity index (χ4n) is 2.01. The predicted molar refractivity (Wildman–Crippen MR) is 70.7 cm³/mol. The summed E-state index contributed by atoms with van der Waals surface area (Å²) in [5, 5.41) is 0. The summed E-state index contributed by atoms with van der Waals surface area (Å²) in [6.07, 6.45) is -9.54. The molecule has 2 rings (SSSR count). The van der Waals surface area contributed by atoms with Gasteiger partial charge < -0.3 is 9.47 Å². The van der Waals surface area contributed by atoms with Gasteiger partial charge in [-0.05, 0) is 29.8 Å². The van der Waals surface area contributed by atoms with Crippen LogP contribution in [0.1, 0.15) is 30.5 Å². The molecule has 0 aliphatic carbocycles. The third-order valence-electron chi connectivity index (χ3n) is 3.04. The number of hydrogen-bond acceptors (Lipinski definition) is 4. The zero-order valence-corrected chi connectivity index (χ0v) is 12.7. The maximum Gasteiger partial charge on any atom is 0.416 e. The largest absolute Gasteiger partial charge is 0.419 e. The average Bonchev–Trinajstić information content (AvgIpc) is 2.39. The summed E-state index contributed by atoms with van der Waals surface area (Å²) in [5.74, 6) is -4.02. The summed E-state index contributed by atoms with van der Waals surface area (Å²) >= 11 is 0.